The Kier molecular flexibility index (Phi) is 6.08. The summed E-state index contributed by atoms with van der Waals surface area (Å²) in [6.07, 6.45) is 2.67. The summed E-state index contributed by atoms with van der Waals surface area (Å²) in [6.45, 7) is 5.34. The molecular formula is C23H26N4O3S. The van der Waals surface area contributed by atoms with Crippen LogP contribution >= 0.6 is 11.3 Å². The molecule has 1 N–H and O–H groups in total. The van der Waals surface area contributed by atoms with Crippen LogP contribution in [0.25, 0.3) is 0 Å². The van der Waals surface area contributed by atoms with E-state index in [1.165, 1.54) is 11.3 Å². The van der Waals surface area contributed by atoms with Crippen molar-refractivity contribution in [1.29, 1.82) is 0 Å². The number of nitrogens with zero attached hydrogens (tertiary/aromatic N) is 3. The highest BCUT2D eigenvalue weighted by Crippen LogP contribution is 2.39. The van der Waals surface area contributed by atoms with E-state index in [-0.39, 0.29) is 24.3 Å². The predicted octanol–water partition coefficient (Wildman–Crippen LogP) is 2.33. The fourth-order valence-corrected chi connectivity index (χ4v) is 5.06. The molecule has 3 heterocycles. The first-order valence-corrected chi connectivity index (χ1v) is 11.3. The predicted molar refractivity (Wildman–Crippen MR) is 121 cm³/mol. The highest BCUT2D eigenvalue weighted by Gasteiger charge is 2.54. The number of amides is 3. The minimum atomic E-state index is -0.744. The number of carbonyl (C=O) groups is 3. The molecule has 0 aliphatic carbocycles. The third-order valence-electron chi connectivity index (χ3n) is 5.97. The zero-order valence-corrected chi connectivity index (χ0v) is 18.1. The molecule has 7 nitrogen and oxygen atoms in total. The summed E-state index contributed by atoms with van der Waals surface area (Å²) in [5.41, 5.74) is 0.203. The van der Waals surface area contributed by atoms with Crippen molar-refractivity contribution in [2.24, 2.45) is 0 Å². The number of piperidine rings is 1. The smallest absolute Gasteiger partial charge is 0.263 e. The molecule has 2 aromatic rings. The van der Waals surface area contributed by atoms with Crippen LogP contribution in [0, 0.1) is 0 Å². The van der Waals surface area contributed by atoms with Crippen LogP contribution in [0.3, 0.4) is 0 Å². The van der Waals surface area contributed by atoms with Crippen molar-refractivity contribution < 1.29 is 14.4 Å². The largest absolute Gasteiger partial charge is 0.351 e. The molecule has 2 saturated heterocycles. The summed E-state index contributed by atoms with van der Waals surface area (Å²) in [7, 11) is 0. The Bertz CT molecular complexity index is 952. The third-order valence-corrected chi connectivity index (χ3v) is 6.83. The molecule has 0 unspecified atom stereocenters. The summed E-state index contributed by atoms with van der Waals surface area (Å²) < 4.78 is 0. The van der Waals surface area contributed by atoms with Gasteiger partial charge >= 0.3 is 0 Å². The summed E-state index contributed by atoms with van der Waals surface area (Å²) in [5, 5.41) is 4.64. The van der Waals surface area contributed by atoms with Gasteiger partial charge in [0.15, 0.2) is 0 Å². The topological polar surface area (TPSA) is 73.0 Å². The van der Waals surface area contributed by atoms with Gasteiger partial charge in [-0.3, -0.25) is 14.4 Å². The van der Waals surface area contributed by atoms with Crippen LogP contribution in [0.15, 0.2) is 60.5 Å². The maximum Gasteiger partial charge on any atom is 0.263 e. The van der Waals surface area contributed by atoms with E-state index in [2.05, 4.69) is 16.8 Å². The molecule has 2 aliphatic rings. The number of anilines is 1. The Morgan fingerprint density at radius 3 is 2.52 bits per heavy atom. The average molecular weight is 439 g/mol. The second-order valence-electron chi connectivity index (χ2n) is 7.80. The van der Waals surface area contributed by atoms with Crippen molar-refractivity contribution in [3.8, 4) is 0 Å². The van der Waals surface area contributed by atoms with Gasteiger partial charge in [-0.2, -0.15) is 0 Å². The van der Waals surface area contributed by atoms with Crippen molar-refractivity contribution in [3.63, 3.8) is 0 Å². The molecule has 8 heteroatoms. The van der Waals surface area contributed by atoms with E-state index in [0.29, 0.717) is 44.0 Å². The molecule has 1 aromatic heterocycles. The van der Waals surface area contributed by atoms with Crippen molar-refractivity contribution in [1.82, 2.24) is 15.1 Å². The van der Waals surface area contributed by atoms with Gasteiger partial charge in [0.05, 0.1) is 11.5 Å². The van der Waals surface area contributed by atoms with E-state index >= 15 is 0 Å². The van der Waals surface area contributed by atoms with E-state index in [1.54, 1.807) is 11.0 Å². The number of thiophene rings is 1. The summed E-state index contributed by atoms with van der Waals surface area (Å²) in [6, 6.07) is 13.5. The Morgan fingerprint density at radius 1 is 1.13 bits per heavy atom. The van der Waals surface area contributed by atoms with Crippen LogP contribution in [0.5, 0.6) is 0 Å². The molecule has 1 spiro atoms. The molecule has 31 heavy (non-hydrogen) atoms. The molecule has 0 bridgehead atoms. The van der Waals surface area contributed by atoms with Crippen LogP contribution < -0.4 is 10.2 Å². The van der Waals surface area contributed by atoms with Gasteiger partial charge in [0.2, 0.25) is 5.91 Å². The fraction of sp³-hybridized carbons (Fsp3) is 0.348. The van der Waals surface area contributed by atoms with Crippen molar-refractivity contribution in [2.45, 2.75) is 18.4 Å². The number of para-hydroxylation sites is 1. The highest BCUT2D eigenvalue weighted by molar-refractivity contribution is 7.12. The zero-order valence-electron chi connectivity index (χ0n) is 17.3. The molecule has 2 fully saturated rings. The van der Waals surface area contributed by atoms with Gasteiger partial charge in [-0.25, -0.2) is 0 Å². The average Bonchev–Trinajstić information content (AvgIpc) is 3.42. The number of rotatable bonds is 6. The minimum Gasteiger partial charge on any atom is -0.351 e. The second-order valence-corrected chi connectivity index (χ2v) is 8.75. The highest BCUT2D eigenvalue weighted by atomic mass is 32.1. The van der Waals surface area contributed by atoms with Gasteiger partial charge in [0, 0.05) is 25.3 Å². The standard InChI is InChI=1S/C23H26N4O3S/c1-2-12-24-20(28)16-26-17-27(18-7-4-3-5-8-18)23(22(26)30)10-13-25(14-11-23)21(29)19-9-6-15-31-19/h2-9,15H,1,10-14,16-17H2,(H,24,28). The lowest BCUT2D eigenvalue weighted by Crippen LogP contribution is -2.57. The number of likely N-dealkylation sites (tertiary alicyclic amines) is 1. The van der Waals surface area contributed by atoms with Crippen molar-refractivity contribution in [3.05, 3.63) is 65.4 Å². The Balaban J connectivity index is 1.54. The Labute approximate surface area is 185 Å². The quantitative estimate of drug-likeness (QED) is 0.703. The molecule has 4 rings (SSSR count). The Morgan fingerprint density at radius 2 is 1.87 bits per heavy atom. The van der Waals surface area contributed by atoms with Gasteiger partial charge in [-0.1, -0.05) is 30.3 Å². The van der Waals surface area contributed by atoms with Crippen LogP contribution in [-0.2, 0) is 9.59 Å². The van der Waals surface area contributed by atoms with Gasteiger partial charge in [0.1, 0.15) is 12.1 Å². The SMILES string of the molecule is C=CCNC(=O)CN1CN(c2ccccc2)C2(CCN(C(=O)c3cccs3)CC2)C1=O. The van der Waals surface area contributed by atoms with Gasteiger partial charge in [-0.05, 0) is 36.4 Å². The van der Waals surface area contributed by atoms with Gasteiger partial charge in [0.25, 0.3) is 11.8 Å². The Hall–Kier alpha value is -3.13. The summed E-state index contributed by atoms with van der Waals surface area (Å²) >= 11 is 1.43. The second kappa shape index (κ2) is 8.93. The first-order valence-electron chi connectivity index (χ1n) is 10.4. The zero-order chi connectivity index (χ0) is 21.8. The lowest BCUT2D eigenvalue weighted by Gasteiger charge is -2.43. The van der Waals surface area contributed by atoms with E-state index in [4.69, 9.17) is 0 Å². The van der Waals surface area contributed by atoms with Crippen LogP contribution in [0.1, 0.15) is 22.5 Å². The van der Waals surface area contributed by atoms with Crippen molar-refractivity contribution in [2.75, 3.05) is 37.7 Å². The number of nitrogens with one attached hydrogen (secondary N) is 1. The van der Waals surface area contributed by atoms with Crippen LogP contribution in [0.4, 0.5) is 5.69 Å². The number of hydrogen-bond donors (Lipinski definition) is 1. The molecule has 0 radical (unpaired) electrons. The van der Waals surface area contributed by atoms with E-state index in [9.17, 15) is 14.4 Å². The number of benzene rings is 1. The molecular weight excluding hydrogens is 412 g/mol. The summed E-state index contributed by atoms with van der Waals surface area (Å²) in [4.78, 5) is 44.9. The maximum atomic E-state index is 13.6. The monoisotopic (exact) mass is 438 g/mol. The molecule has 0 atom stereocenters. The van der Waals surface area contributed by atoms with Crippen LogP contribution in [-0.4, -0.2) is 65.9 Å². The molecule has 162 valence electrons. The van der Waals surface area contributed by atoms with E-state index in [0.717, 1.165) is 5.69 Å². The first kappa shape index (κ1) is 21.1. The van der Waals surface area contributed by atoms with Gasteiger partial charge in [-0.15, -0.1) is 17.9 Å². The van der Waals surface area contributed by atoms with Crippen LogP contribution in [0.2, 0.25) is 0 Å². The minimum absolute atomic E-state index is 0.00952. The molecule has 3 amide bonds. The lowest BCUT2D eigenvalue weighted by atomic mass is 9.85. The van der Waals surface area contributed by atoms with Gasteiger partial charge < -0.3 is 20.0 Å². The lowest BCUT2D eigenvalue weighted by molar-refractivity contribution is -0.137. The molecule has 1 aromatic carbocycles. The number of hydrogen-bond acceptors (Lipinski definition) is 5. The number of carbonyl (C=O) groups excluding carboxylic acids is 3. The fourth-order valence-electron chi connectivity index (χ4n) is 4.37. The molecule has 2 aliphatic heterocycles. The maximum absolute atomic E-state index is 13.6. The third kappa shape index (κ3) is 4.07. The molecule has 0 saturated carbocycles. The van der Waals surface area contributed by atoms with E-state index < -0.39 is 5.54 Å². The summed E-state index contributed by atoms with van der Waals surface area (Å²) in [5.74, 6) is -0.237. The first-order chi connectivity index (χ1) is 15.0. The van der Waals surface area contributed by atoms with Crippen molar-refractivity contribution >= 4 is 34.7 Å². The normalized spacial score (nSPS) is 17.8. The van der Waals surface area contributed by atoms with E-state index in [1.807, 2.05) is 52.7 Å².